The summed E-state index contributed by atoms with van der Waals surface area (Å²) in [5.74, 6) is 0.770. The van der Waals surface area contributed by atoms with E-state index in [9.17, 15) is 8.42 Å². The Morgan fingerprint density at radius 2 is 1.79 bits per heavy atom. The van der Waals surface area contributed by atoms with Crippen molar-refractivity contribution in [2.45, 2.75) is 36.5 Å². The smallest absolute Gasteiger partial charge is 0.263 e. The summed E-state index contributed by atoms with van der Waals surface area (Å²) in [4.78, 5) is 0.0202. The minimum absolute atomic E-state index is 0.0202. The van der Waals surface area contributed by atoms with E-state index in [1.165, 1.54) is 18.9 Å². The van der Waals surface area contributed by atoms with Gasteiger partial charge < -0.3 is 0 Å². The van der Waals surface area contributed by atoms with Crippen LogP contribution in [0, 0.1) is 0 Å². The zero-order chi connectivity index (χ0) is 19.7. The Morgan fingerprint density at radius 1 is 1.07 bits per heavy atom. The van der Waals surface area contributed by atoms with E-state index in [2.05, 4.69) is 20.7 Å². The number of aromatic nitrogens is 2. The first-order valence-electron chi connectivity index (χ1n) is 9.08. The lowest BCUT2D eigenvalue weighted by Crippen LogP contribution is -2.16. The van der Waals surface area contributed by atoms with E-state index in [4.69, 9.17) is 16.7 Å². The van der Waals surface area contributed by atoms with Crippen LogP contribution in [-0.2, 0) is 10.0 Å². The van der Waals surface area contributed by atoms with E-state index in [1.54, 1.807) is 16.8 Å². The number of para-hydroxylation sites is 1. The largest absolute Gasteiger partial charge is 0.264 e. The molecular formula is C20H19BrClN3O2S. The van der Waals surface area contributed by atoms with Crippen LogP contribution < -0.4 is 4.72 Å². The molecule has 0 saturated heterocycles. The fraction of sp³-hybridized carbons (Fsp3) is 0.250. The standard InChI is InChI=1S/C20H19BrClN3O2S/c21-16-11-6-12-18(20(16)22)28(26,27)24-19-13-17(14-7-4-5-8-14)23-25(19)15-9-2-1-3-10-15/h1-3,6,9-14,24H,4-5,7-8H2. The average Bonchev–Trinajstić information content (AvgIpc) is 3.34. The van der Waals surface area contributed by atoms with E-state index < -0.39 is 10.0 Å². The van der Waals surface area contributed by atoms with Gasteiger partial charge in [0.05, 0.1) is 16.4 Å². The maximum Gasteiger partial charge on any atom is 0.264 e. The van der Waals surface area contributed by atoms with Crippen molar-refractivity contribution in [2.24, 2.45) is 0 Å². The van der Waals surface area contributed by atoms with Gasteiger partial charge in [-0.15, -0.1) is 0 Å². The first-order chi connectivity index (χ1) is 13.5. The predicted octanol–water partition coefficient (Wildman–Crippen LogP) is 5.75. The monoisotopic (exact) mass is 479 g/mol. The van der Waals surface area contributed by atoms with Crippen molar-refractivity contribution >= 4 is 43.4 Å². The lowest BCUT2D eigenvalue weighted by atomic mass is 10.1. The fourth-order valence-corrected chi connectivity index (χ4v) is 5.61. The van der Waals surface area contributed by atoms with Crippen molar-refractivity contribution in [1.82, 2.24) is 9.78 Å². The Morgan fingerprint density at radius 3 is 2.50 bits per heavy atom. The minimum Gasteiger partial charge on any atom is -0.263 e. The number of hydrogen-bond acceptors (Lipinski definition) is 3. The van der Waals surface area contributed by atoms with Gasteiger partial charge in [-0.25, -0.2) is 13.1 Å². The first kappa shape index (κ1) is 19.5. The molecule has 0 amide bonds. The highest BCUT2D eigenvalue weighted by molar-refractivity contribution is 9.10. The van der Waals surface area contributed by atoms with Crippen LogP contribution >= 0.6 is 27.5 Å². The van der Waals surface area contributed by atoms with Gasteiger partial charge in [-0.3, -0.25) is 4.72 Å². The number of nitrogens with zero attached hydrogens (tertiary/aromatic N) is 2. The molecule has 1 saturated carbocycles. The zero-order valence-electron chi connectivity index (χ0n) is 15.0. The average molecular weight is 481 g/mol. The number of benzene rings is 2. The van der Waals surface area contributed by atoms with Crippen LogP contribution in [0.1, 0.15) is 37.3 Å². The van der Waals surface area contributed by atoms with Crippen molar-refractivity contribution in [3.8, 4) is 5.69 Å². The van der Waals surface area contributed by atoms with E-state index in [-0.39, 0.29) is 9.92 Å². The number of nitrogens with one attached hydrogen (secondary N) is 1. The molecule has 8 heteroatoms. The number of rotatable bonds is 5. The Labute approximate surface area is 177 Å². The van der Waals surface area contributed by atoms with Crippen molar-refractivity contribution in [2.75, 3.05) is 4.72 Å². The Balaban J connectivity index is 1.76. The lowest BCUT2D eigenvalue weighted by molar-refractivity contribution is 0.600. The lowest BCUT2D eigenvalue weighted by Gasteiger charge is -2.12. The minimum atomic E-state index is -3.88. The maximum atomic E-state index is 13.0. The maximum absolute atomic E-state index is 13.0. The molecule has 4 rings (SSSR count). The van der Waals surface area contributed by atoms with Crippen molar-refractivity contribution in [3.63, 3.8) is 0 Å². The van der Waals surface area contributed by atoms with Crippen LogP contribution in [0.2, 0.25) is 5.02 Å². The molecule has 146 valence electrons. The Kier molecular flexibility index (Phi) is 5.49. The molecule has 0 bridgehead atoms. The SMILES string of the molecule is O=S(=O)(Nc1cc(C2CCCC2)nn1-c1ccccc1)c1cccc(Br)c1Cl. The van der Waals surface area contributed by atoms with Crippen LogP contribution in [0.5, 0.6) is 0 Å². The Hall–Kier alpha value is -1.83. The highest BCUT2D eigenvalue weighted by atomic mass is 79.9. The normalized spacial score (nSPS) is 15.1. The summed E-state index contributed by atoms with van der Waals surface area (Å²) in [6, 6.07) is 16.2. The third kappa shape index (κ3) is 3.83. The topological polar surface area (TPSA) is 64.0 Å². The van der Waals surface area contributed by atoms with Gasteiger partial charge in [-0.05, 0) is 53.0 Å². The molecule has 0 spiro atoms. The van der Waals surface area contributed by atoms with E-state index in [1.807, 2.05) is 36.4 Å². The molecule has 1 fully saturated rings. The highest BCUT2D eigenvalue weighted by Gasteiger charge is 2.25. The summed E-state index contributed by atoms with van der Waals surface area (Å²) in [6.07, 6.45) is 4.51. The first-order valence-corrected chi connectivity index (χ1v) is 11.7. The van der Waals surface area contributed by atoms with Gasteiger partial charge in [-0.2, -0.15) is 5.10 Å². The summed E-state index contributed by atoms with van der Waals surface area (Å²) in [6.45, 7) is 0. The second-order valence-corrected chi connectivity index (χ2v) is 9.72. The van der Waals surface area contributed by atoms with Crippen LogP contribution in [0.25, 0.3) is 5.69 Å². The second kappa shape index (κ2) is 7.89. The molecule has 0 radical (unpaired) electrons. The second-order valence-electron chi connectivity index (χ2n) is 6.84. The molecule has 0 atom stereocenters. The number of hydrogen-bond donors (Lipinski definition) is 1. The number of anilines is 1. The van der Waals surface area contributed by atoms with Gasteiger partial charge in [-0.1, -0.05) is 48.7 Å². The molecule has 1 aromatic heterocycles. The molecule has 0 aliphatic heterocycles. The fourth-order valence-electron chi connectivity index (χ4n) is 3.54. The molecular weight excluding hydrogens is 462 g/mol. The van der Waals surface area contributed by atoms with Crippen molar-refractivity contribution < 1.29 is 8.42 Å². The Bertz CT molecular complexity index is 1090. The van der Waals surface area contributed by atoms with Gasteiger partial charge in [0, 0.05) is 16.5 Å². The van der Waals surface area contributed by atoms with Gasteiger partial charge in [0.15, 0.2) is 0 Å². The summed E-state index contributed by atoms with van der Waals surface area (Å²) >= 11 is 9.50. The summed E-state index contributed by atoms with van der Waals surface area (Å²) < 4.78 is 30.9. The van der Waals surface area contributed by atoms with Crippen LogP contribution in [0.4, 0.5) is 5.82 Å². The summed E-state index contributed by atoms with van der Waals surface area (Å²) in [5, 5.41) is 4.88. The molecule has 0 unspecified atom stereocenters. The van der Waals surface area contributed by atoms with Crippen LogP contribution in [-0.4, -0.2) is 18.2 Å². The molecule has 5 nitrogen and oxygen atoms in total. The van der Waals surface area contributed by atoms with E-state index in [0.717, 1.165) is 24.2 Å². The summed E-state index contributed by atoms with van der Waals surface area (Å²) in [5.41, 5.74) is 1.71. The van der Waals surface area contributed by atoms with Crippen molar-refractivity contribution in [1.29, 1.82) is 0 Å². The molecule has 3 aromatic rings. The van der Waals surface area contributed by atoms with Gasteiger partial charge in [0.1, 0.15) is 10.7 Å². The molecule has 1 heterocycles. The van der Waals surface area contributed by atoms with Gasteiger partial charge in [0.25, 0.3) is 10.0 Å². The molecule has 1 aliphatic carbocycles. The van der Waals surface area contributed by atoms with E-state index in [0.29, 0.717) is 16.2 Å². The number of halogens is 2. The van der Waals surface area contributed by atoms with Crippen LogP contribution in [0.3, 0.4) is 0 Å². The van der Waals surface area contributed by atoms with Gasteiger partial charge >= 0.3 is 0 Å². The number of sulfonamides is 1. The predicted molar refractivity (Wildman–Crippen MR) is 115 cm³/mol. The zero-order valence-corrected chi connectivity index (χ0v) is 18.1. The quantitative estimate of drug-likeness (QED) is 0.506. The molecule has 28 heavy (non-hydrogen) atoms. The molecule has 2 aromatic carbocycles. The molecule has 1 N–H and O–H groups in total. The van der Waals surface area contributed by atoms with Crippen molar-refractivity contribution in [3.05, 3.63) is 69.8 Å². The highest BCUT2D eigenvalue weighted by Crippen LogP contribution is 2.36. The van der Waals surface area contributed by atoms with Crippen LogP contribution in [0.15, 0.2) is 64.0 Å². The summed E-state index contributed by atoms with van der Waals surface area (Å²) in [7, 11) is -3.88. The third-order valence-corrected chi connectivity index (χ3v) is 7.75. The molecule has 1 aliphatic rings. The third-order valence-electron chi connectivity index (χ3n) is 4.95. The van der Waals surface area contributed by atoms with Gasteiger partial charge in [0.2, 0.25) is 0 Å². The van der Waals surface area contributed by atoms with E-state index >= 15 is 0 Å².